The smallest absolute Gasteiger partial charge is 0.305 e. The Morgan fingerprint density at radius 2 is 1.88 bits per heavy atom. The van der Waals surface area contributed by atoms with Crippen molar-refractivity contribution >= 4 is 23.8 Å². The van der Waals surface area contributed by atoms with E-state index in [9.17, 15) is 4.79 Å². The number of carbonyl (C=O) groups is 1. The molecule has 4 aromatic rings. The molecule has 0 bridgehead atoms. The van der Waals surface area contributed by atoms with Gasteiger partial charge in [-0.3, -0.25) is 4.79 Å². The Morgan fingerprint density at radius 3 is 2.67 bits per heavy atom. The first-order valence-electron chi connectivity index (χ1n) is 14.6. The molecule has 0 fully saturated rings. The largest absolute Gasteiger partial charge is 0.494 e. The summed E-state index contributed by atoms with van der Waals surface area (Å²) < 4.78 is 17.5. The van der Waals surface area contributed by atoms with Gasteiger partial charge in [0, 0.05) is 18.5 Å². The van der Waals surface area contributed by atoms with Crippen LogP contribution in [0.3, 0.4) is 0 Å². The van der Waals surface area contributed by atoms with Crippen LogP contribution >= 0.6 is 0 Å². The van der Waals surface area contributed by atoms with Crippen LogP contribution in [0, 0.1) is 0 Å². The van der Waals surface area contributed by atoms with E-state index in [0.717, 1.165) is 47.6 Å². The lowest BCUT2D eigenvalue weighted by molar-refractivity contribution is -0.143. The number of anilines is 1. The normalized spacial score (nSPS) is 14.4. The van der Waals surface area contributed by atoms with Crippen LogP contribution in [-0.4, -0.2) is 52.9 Å². The third-order valence-corrected chi connectivity index (χ3v) is 7.10. The number of nitrogens with zero attached hydrogens (tertiary/aromatic N) is 4. The fourth-order valence-corrected chi connectivity index (χ4v) is 4.96. The molecule has 218 valence electrons. The van der Waals surface area contributed by atoms with Crippen molar-refractivity contribution in [3.05, 3.63) is 95.3 Å². The van der Waals surface area contributed by atoms with Gasteiger partial charge in [0.1, 0.15) is 5.75 Å². The second kappa shape index (κ2) is 14.8. The Hall–Kier alpha value is -4.66. The molecule has 0 amide bonds. The summed E-state index contributed by atoms with van der Waals surface area (Å²) in [4.78, 5) is 14.1. The first-order valence-corrected chi connectivity index (χ1v) is 14.6. The van der Waals surface area contributed by atoms with Gasteiger partial charge in [-0.1, -0.05) is 66.7 Å². The quantitative estimate of drug-likeness (QED) is 0.112. The molecule has 9 nitrogen and oxygen atoms in total. The van der Waals surface area contributed by atoms with Crippen molar-refractivity contribution in [2.24, 2.45) is 0 Å². The van der Waals surface area contributed by atoms with E-state index in [-0.39, 0.29) is 12.1 Å². The minimum Gasteiger partial charge on any atom is -0.494 e. The van der Waals surface area contributed by atoms with Crippen LogP contribution in [0.1, 0.15) is 61.2 Å². The predicted octanol–water partition coefficient (Wildman–Crippen LogP) is 6.06. The van der Waals surface area contributed by atoms with Gasteiger partial charge < -0.3 is 19.1 Å². The molecule has 0 radical (unpaired) electrons. The number of ether oxygens (including phenoxy) is 3. The molecule has 1 aliphatic rings. The number of unbranched alkanes of at least 4 members (excludes halogenated alkanes) is 1. The van der Waals surface area contributed by atoms with E-state index in [1.807, 2.05) is 43.3 Å². The third kappa shape index (κ3) is 7.96. The Kier molecular flexibility index (Phi) is 10.2. The molecule has 1 aliphatic heterocycles. The molecule has 0 spiro atoms. The van der Waals surface area contributed by atoms with Gasteiger partial charge in [0.2, 0.25) is 0 Å². The summed E-state index contributed by atoms with van der Waals surface area (Å²) in [5.74, 6) is 2.01. The highest BCUT2D eigenvalue weighted by atomic mass is 16.5. The molecule has 1 aromatic heterocycles. The zero-order valence-corrected chi connectivity index (χ0v) is 23.9. The number of aryl methyl sites for hydroxylation is 1. The zero-order chi connectivity index (χ0) is 29.0. The van der Waals surface area contributed by atoms with Crippen LogP contribution in [0.4, 0.5) is 5.69 Å². The maximum absolute atomic E-state index is 11.9. The summed E-state index contributed by atoms with van der Waals surface area (Å²) in [5.41, 5.74) is 4.34. The molecule has 1 unspecified atom stereocenters. The van der Waals surface area contributed by atoms with Crippen molar-refractivity contribution < 1.29 is 19.0 Å². The third-order valence-electron chi connectivity index (χ3n) is 7.10. The first kappa shape index (κ1) is 28.9. The van der Waals surface area contributed by atoms with Gasteiger partial charge in [0.15, 0.2) is 17.7 Å². The molecule has 5 rings (SSSR count). The summed E-state index contributed by atoms with van der Waals surface area (Å²) in [5, 5.41) is 14.4. The Bertz CT molecular complexity index is 1420. The summed E-state index contributed by atoms with van der Waals surface area (Å²) in [6, 6.07) is 24.8. The molecule has 0 saturated carbocycles. The number of benzene rings is 3. The van der Waals surface area contributed by atoms with Gasteiger partial charge in [-0.05, 0) is 72.4 Å². The number of tetrazole rings is 1. The van der Waals surface area contributed by atoms with E-state index in [1.54, 1.807) is 0 Å². The molecule has 0 aliphatic carbocycles. The fraction of sp³-hybridized carbons (Fsp3) is 0.333. The van der Waals surface area contributed by atoms with Crippen LogP contribution < -0.4 is 14.4 Å². The molecule has 2 heterocycles. The van der Waals surface area contributed by atoms with Crippen molar-refractivity contribution in [2.45, 2.75) is 45.1 Å². The van der Waals surface area contributed by atoms with Gasteiger partial charge in [-0.2, -0.15) is 0 Å². The highest BCUT2D eigenvalue weighted by Gasteiger charge is 2.30. The molecule has 9 heteroatoms. The second-order valence-corrected chi connectivity index (χ2v) is 10.1. The van der Waals surface area contributed by atoms with Crippen LogP contribution in [0.2, 0.25) is 0 Å². The topological polar surface area (TPSA) is 102 Å². The monoisotopic (exact) mass is 567 g/mol. The number of aromatic nitrogens is 4. The number of para-hydroxylation sites is 1. The van der Waals surface area contributed by atoms with Crippen LogP contribution in [0.25, 0.3) is 12.2 Å². The van der Waals surface area contributed by atoms with Gasteiger partial charge in [-0.25, -0.2) is 5.10 Å². The molecule has 0 saturated heterocycles. The lowest BCUT2D eigenvalue weighted by Gasteiger charge is -2.36. The first-order chi connectivity index (χ1) is 20.7. The van der Waals surface area contributed by atoms with Crippen molar-refractivity contribution in [3.63, 3.8) is 0 Å². The highest BCUT2D eigenvalue weighted by molar-refractivity contribution is 5.78. The number of hydrogen-bond donors (Lipinski definition) is 1. The van der Waals surface area contributed by atoms with E-state index in [0.29, 0.717) is 45.0 Å². The molecule has 1 atom stereocenters. The number of carbonyl (C=O) groups excluding carboxylic acids is 1. The van der Waals surface area contributed by atoms with E-state index in [2.05, 4.69) is 74.1 Å². The number of nitrogens with one attached hydrogen (secondary N) is 1. The minimum absolute atomic E-state index is 0.182. The van der Waals surface area contributed by atoms with Gasteiger partial charge in [0.05, 0.1) is 25.4 Å². The van der Waals surface area contributed by atoms with E-state index >= 15 is 0 Å². The average molecular weight is 568 g/mol. The summed E-state index contributed by atoms with van der Waals surface area (Å²) in [6.07, 6.45) is 7.97. The lowest BCUT2D eigenvalue weighted by Crippen LogP contribution is -2.37. The van der Waals surface area contributed by atoms with Crippen LogP contribution in [-0.2, 0) is 16.0 Å². The van der Waals surface area contributed by atoms with Crippen LogP contribution in [0.5, 0.6) is 11.5 Å². The zero-order valence-electron chi connectivity index (χ0n) is 23.9. The van der Waals surface area contributed by atoms with Crippen LogP contribution in [0.15, 0.2) is 72.8 Å². The fourth-order valence-electron chi connectivity index (χ4n) is 4.96. The van der Waals surface area contributed by atoms with E-state index in [4.69, 9.17) is 14.2 Å². The maximum atomic E-state index is 11.9. The summed E-state index contributed by atoms with van der Waals surface area (Å²) >= 11 is 0. The Balaban J connectivity index is 1.21. The lowest BCUT2D eigenvalue weighted by atomic mass is 10.1. The van der Waals surface area contributed by atoms with Gasteiger partial charge in [-0.15, -0.1) is 5.10 Å². The number of fused-ring (bicyclic) bond motifs is 1. The average Bonchev–Trinajstić information content (AvgIpc) is 3.56. The molecule has 3 aromatic carbocycles. The number of rotatable bonds is 14. The number of H-pyrrole nitrogens is 1. The molecule has 1 N–H and O–H groups in total. The van der Waals surface area contributed by atoms with Crippen molar-refractivity contribution in [1.82, 2.24) is 20.6 Å². The van der Waals surface area contributed by atoms with E-state index in [1.165, 1.54) is 5.56 Å². The number of aromatic amines is 1. The van der Waals surface area contributed by atoms with Crippen molar-refractivity contribution in [1.29, 1.82) is 0 Å². The van der Waals surface area contributed by atoms with Crippen molar-refractivity contribution in [2.75, 3.05) is 31.2 Å². The van der Waals surface area contributed by atoms with E-state index < -0.39 is 0 Å². The Labute approximate surface area is 246 Å². The summed E-state index contributed by atoms with van der Waals surface area (Å²) in [6.45, 7) is 4.15. The van der Waals surface area contributed by atoms with Gasteiger partial charge in [0.25, 0.3) is 0 Å². The minimum atomic E-state index is -0.367. The standard InChI is InChI=1S/C33H37N5O4/c1-2-40-31(39)15-9-22-38-24-30(33-34-36-37-35-33)42-32-27(13-8-14-29(32)38)19-16-26-17-20-28(21-18-26)41-23-7-6-12-25-10-4-3-5-11-25/h3-5,8,10-11,13-14,16-21,30H,2,6-7,9,12,15,22-24H2,1H3,(H,34,35,36,37). The maximum Gasteiger partial charge on any atom is 0.305 e. The number of esters is 1. The molecular weight excluding hydrogens is 530 g/mol. The molecular formula is C33H37N5O4. The molecule has 42 heavy (non-hydrogen) atoms. The SMILES string of the molecule is CCOC(=O)CCCN1CC(c2nnn[nH]2)Oc2c(C=Cc3ccc(OCCCCc4ccccc4)cc3)cccc21. The number of hydrogen-bond acceptors (Lipinski definition) is 8. The van der Waals surface area contributed by atoms with Gasteiger partial charge >= 0.3 is 5.97 Å². The highest BCUT2D eigenvalue weighted by Crippen LogP contribution is 2.41. The van der Waals surface area contributed by atoms with Crippen molar-refractivity contribution in [3.8, 4) is 11.5 Å². The Morgan fingerprint density at radius 1 is 1.02 bits per heavy atom. The second-order valence-electron chi connectivity index (χ2n) is 10.1. The predicted molar refractivity (Wildman–Crippen MR) is 162 cm³/mol. The summed E-state index contributed by atoms with van der Waals surface area (Å²) in [7, 11) is 0.